The minimum absolute atomic E-state index is 0.376. The summed E-state index contributed by atoms with van der Waals surface area (Å²) < 4.78 is 79.1. The van der Waals surface area contributed by atoms with Crippen molar-refractivity contribution >= 4 is 18.2 Å². The Hall–Kier alpha value is -1.92. The van der Waals surface area contributed by atoms with Crippen LogP contribution in [0.25, 0.3) is 0 Å². The van der Waals surface area contributed by atoms with E-state index in [2.05, 4.69) is 0 Å². The number of halogens is 6. The summed E-state index contributed by atoms with van der Waals surface area (Å²) in [6.07, 6.45) is 0. The van der Waals surface area contributed by atoms with Gasteiger partial charge < -0.3 is 0 Å². The van der Waals surface area contributed by atoms with Crippen molar-refractivity contribution in [2.45, 2.75) is 0 Å². The number of benzene rings is 2. The van der Waals surface area contributed by atoms with Gasteiger partial charge in [0, 0.05) is 0 Å². The quantitative estimate of drug-likeness (QED) is 0.447. The van der Waals surface area contributed by atoms with Gasteiger partial charge in [0.25, 0.3) is 0 Å². The maximum absolute atomic E-state index is 13.3. The zero-order chi connectivity index (χ0) is 14.2. The lowest BCUT2D eigenvalue weighted by molar-refractivity contribution is 0.501. The molecule has 0 bridgehead atoms. The van der Waals surface area contributed by atoms with Gasteiger partial charge in [-0.1, -0.05) is 0 Å². The molecule has 2 aromatic carbocycles. The lowest BCUT2D eigenvalue weighted by atomic mass is 9.63. The van der Waals surface area contributed by atoms with Crippen LogP contribution in [0.5, 0.6) is 0 Å². The lowest BCUT2D eigenvalue weighted by Crippen LogP contribution is -2.37. The van der Waals surface area contributed by atoms with Crippen molar-refractivity contribution in [2.75, 3.05) is 0 Å². The van der Waals surface area contributed by atoms with Gasteiger partial charge in [0.05, 0.1) is 0 Å². The molecule has 0 aromatic heterocycles. The summed E-state index contributed by atoms with van der Waals surface area (Å²) in [4.78, 5) is 0. The Bertz CT molecular complexity index is 585. The molecule has 0 saturated heterocycles. The normalized spacial score (nSPS) is 10.6. The van der Waals surface area contributed by atoms with E-state index in [1.165, 1.54) is 0 Å². The van der Waals surface area contributed by atoms with Gasteiger partial charge in [-0.05, 0) is 35.2 Å². The van der Waals surface area contributed by atoms with E-state index in [0.717, 1.165) is 0 Å². The zero-order valence-corrected chi connectivity index (χ0v) is 9.15. The number of rotatable bonds is 2. The Morgan fingerprint density at radius 2 is 0.842 bits per heavy atom. The smallest absolute Gasteiger partial charge is 0.207 e. The number of hydrogen-bond donors (Lipinski definition) is 0. The minimum atomic E-state index is -1.61. The van der Waals surface area contributed by atoms with E-state index < -0.39 is 45.8 Å². The van der Waals surface area contributed by atoms with Crippen molar-refractivity contribution in [2.24, 2.45) is 0 Å². The van der Waals surface area contributed by atoms with Crippen LogP contribution in [0.1, 0.15) is 0 Å². The van der Waals surface area contributed by atoms with Crippen LogP contribution in [0.2, 0.25) is 0 Å². The summed E-state index contributed by atoms with van der Waals surface area (Å²) in [6, 6.07) is 2.25. The third-order valence-corrected chi connectivity index (χ3v) is 2.45. The van der Waals surface area contributed by atoms with E-state index in [1.807, 2.05) is 0 Å². The Balaban J connectivity index is 2.54. The highest BCUT2D eigenvalue weighted by Crippen LogP contribution is 2.08. The third kappa shape index (κ3) is 2.45. The summed E-state index contributed by atoms with van der Waals surface area (Å²) in [6.45, 7) is 0. The molecule has 0 N–H and O–H groups in total. The zero-order valence-electron chi connectivity index (χ0n) is 9.15. The van der Waals surface area contributed by atoms with Crippen LogP contribution < -0.4 is 10.9 Å². The van der Waals surface area contributed by atoms with Gasteiger partial charge in [-0.25, -0.2) is 26.3 Å². The first-order valence-corrected chi connectivity index (χ1v) is 5.03. The average Bonchev–Trinajstić information content (AvgIpc) is 2.38. The van der Waals surface area contributed by atoms with Crippen LogP contribution in [0.4, 0.5) is 26.3 Å². The minimum Gasteiger partial charge on any atom is -0.208 e. The molecule has 1 radical (unpaired) electrons. The molecule has 0 nitrogen and oxygen atoms in total. The van der Waals surface area contributed by atoms with Crippen LogP contribution in [-0.4, -0.2) is 7.28 Å². The topological polar surface area (TPSA) is 0 Å². The first-order valence-electron chi connectivity index (χ1n) is 5.03. The third-order valence-electron chi connectivity index (χ3n) is 2.45. The van der Waals surface area contributed by atoms with Crippen LogP contribution in [0, 0.1) is 34.9 Å². The Morgan fingerprint density at radius 3 is 1.21 bits per heavy atom. The molecule has 0 heterocycles. The molecule has 2 aromatic rings. The highest BCUT2D eigenvalue weighted by molar-refractivity contribution is 6.67. The molecule has 2 rings (SSSR count). The number of hydrogen-bond acceptors (Lipinski definition) is 0. The van der Waals surface area contributed by atoms with E-state index >= 15 is 0 Å². The monoisotopic (exact) mass is 273 g/mol. The maximum atomic E-state index is 13.3. The molecule has 7 heteroatoms. The molecular weight excluding hydrogens is 269 g/mol. The molecule has 19 heavy (non-hydrogen) atoms. The SMILES string of the molecule is Fc1ccc(F)c([B]c2c(F)ccc(F)c2F)c1F. The molecule has 0 aliphatic rings. The van der Waals surface area contributed by atoms with Crippen LogP contribution in [-0.2, 0) is 0 Å². The van der Waals surface area contributed by atoms with Crippen LogP contribution in [0.3, 0.4) is 0 Å². The van der Waals surface area contributed by atoms with Crippen LogP contribution >= 0.6 is 0 Å². The van der Waals surface area contributed by atoms with E-state index in [-0.39, 0.29) is 0 Å². The molecule has 0 spiro atoms. The maximum Gasteiger partial charge on any atom is 0.207 e. The highest BCUT2D eigenvalue weighted by Gasteiger charge is 2.21. The van der Waals surface area contributed by atoms with Crippen molar-refractivity contribution in [1.29, 1.82) is 0 Å². The standard InChI is InChI=1S/C12H4BF6/c14-5-1-3-7(16)11(18)9(5)13-10-6(15)2-4-8(17)12(10)19/h1-4H. The second-order valence-electron chi connectivity index (χ2n) is 3.66. The van der Waals surface area contributed by atoms with Gasteiger partial charge in [-0.15, -0.1) is 0 Å². The van der Waals surface area contributed by atoms with Gasteiger partial charge in [0.1, 0.15) is 11.6 Å². The van der Waals surface area contributed by atoms with Gasteiger partial charge in [-0.3, -0.25) is 0 Å². The van der Waals surface area contributed by atoms with E-state index in [1.54, 1.807) is 0 Å². The molecule has 0 amide bonds. The van der Waals surface area contributed by atoms with Gasteiger partial charge in [0.15, 0.2) is 23.3 Å². The Kier molecular flexibility index (Phi) is 3.55. The molecule has 0 aliphatic heterocycles. The van der Waals surface area contributed by atoms with E-state index in [9.17, 15) is 26.3 Å². The van der Waals surface area contributed by atoms with E-state index in [4.69, 9.17) is 0 Å². The molecule has 0 saturated carbocycles. The summed E-state index contributed by atoms with van der Waals surface area (Å²) in [5.41, 5.74) is -1.97. The van der Waals surface area contributed by atoms with Crippen LogP contribution in [0.15, 0.2) is 24.3 Å². The summed E-state index contributed by atoms with van der Waals surface area (Å²) in [5.74, 6) is -8.43. The van der Waals surface area contributed by atoms with Crippen molar-refractivity contribution in [3.05, 3.63) is 59.2 Å². The van der Waals surface area contributed by atoms with Gasteiger partial charge >= 0.3 is 0 Å². The first kappa shape index (κ1) is 13.5. The predicted molar refractivity (Wildman–Crippen MR) is 57.7 cm³/mol. The molecule has 0 atom stereocenters. The fraction of sp³-hybridized carbons (Fsp3) is 0. The second-order valence-corrected chi connectivity index (χ2v) is 3.66. The fourth-order valence-corrected chi connectivity index (χ4v) is 1.49. The van der Waals surface area contributed by atoms with Crippen molar-refractivity contribution < 1.29 is 26.3 Å². The van der Waals surface area contributed by atoms with Crippen molar-refractivity contribution in [3.8, 4) is 0 Å². The molecule has 0 unspecified atom stereocenters. The lowest BCUT2D eigenvalue weighted by Gasteiger charge is -2.07. The van der Waals surface area contributed by atoms with Crippen molar-refractivity contribution in [3.63, 3.8) is 0 Å². The summed E-state index contributed by atoms with van der Waals surface area (Å²) in [5, 5.41) is 0. The largest absolute Gasteiger partial charge is 0.208 e. The second kappa shape index (κ2) is 4.99. The van der Waals surface area contributed by atoms with Gasteiger partial charge in [0.2, 0.25) is 7.28 Å². The first-order chi connectivity index (χ1) is 8.91. The molecule has 97 valence electrons. The Morgan fingerprint density at radius 1 is 0.526 bits per heavy atom. The molecule has 0 fully saturated rings. The van der Waals surface area contributed by atoms with Crippen molar-refractivity contribution in [1.82, 2.24) is 0 Å². The summed E-state index contributed by atoms with van der Waals surface area (Å²) >= 11 is 0. The van der Waals surface area contributed by atoms with E-state index in [0.29, 0.717) is 31.5 Å². The molecule has 0 aliphatic carbocycles. The summed E-state index contributed by atoms with van der Waals surface area (Å²) in [7, 11) is 0.376. The van der Waals surface area contributed by atoms with Gasteiger partial charge in [-0.2, -0.15) is 0 Å². The Labute approximate surface area is 104 Å². The highest BCUT2D eigenvalue weighted by atomic mass is 19.2. The predicted octanol–water partition coefficient (Wildman–Crippen LogP) is 2.18. The molecular formula is C12H4BF6. The fourth-order valence-electron chi connectivity index (χ4n) is 1.49. The average molecular weight is 273 g/mol.